The lowest BCUT2D eigenvalue weighted by atomic mass is 10.0. The van der Waals surface area contributed by atoms with Crippen LogP contribution in [-0.2, 0) is 26.2 Å². The van der Waals surface area contributed by atoms with Crippen molar-refractivity contribution in [3.05, 3.63) is 52.7 Å². The van der Waals surface area contributed by atoms with Crippen molar-refractivity contribution in [1.82, 2.24) is 14.9 Å². The Morgan fingerprint density at radius 3 is 2.38 bits per heavy atom. The second kappa shape index (κ2) is 10.00. The number of nitrogens with zero attached hydrogens (tertiary/aromatic N) is 1. The number of thiophene rings is 1. The number of hydrogen-bond acceptors (Lipinski definition) is 5. The summed E-state index contributed by atoms with van der Waals surface area (Å²) in [5.41, 5.74) is -0.385. The number of rotatable bonds is 10. The van der Waals surface area contributed by atoms with Crippen molar-refractivity contribution >= 4 is 33.2 Å². The highest BCUT2D eigenvalue weighted by Gasteiger charge is 2.24. The molecule has 7 nitrogen and oxygen atoms in total. The molecule has 2 N–H and O–H groups in total. The molecule has 0 aliphatic heterocycles. The van der Waals surface area contributed by atoms with E-state index in [-0.39, 0.29) is 29.4 Å². The quantitative estimate of drug-likeness (QED) is 0.596. The highest BCUT2D eigenvalue weighted by molar-refractivity contribution is 7.89. The van der Waals surface area contributed by atoms with Gasteiger partial charge in [-0.05, 0) is 43.8 Å². The number of hydrogen-bond donors (Lipinski definition) is 2. The van der Waals surface area contributed by atoms with Crippen molar-refractivity contribution in [3.63, 3.8) is 0 Å². The number of nitrogens with one attached hydrogen (secondary N) is 2. The summed E-state index contributed by atoms with van der Waals surface area (Å²) in [5.74, 6) is -0.755. The minimum atomic E-state index is -3.81. The molecule has 0 aliphatic rings. The third-order valence-electron chi connectivity index (χ3n) is 4.44. The van der Waals surface area contributed by atoms with Crippen molar-refractivity contribution in [3.8, 4) is 0 Å². The van der Waals surface area contributed by atoms with Gasteiger partial charge in [0, 0.05) is 10.4 Å². The molecule has 158 valence electrons. The van der Waals surface area contributed by atoms with Crippen molar-refractivity contribution < 1.29 is 18.0 Å². The van der Waals surface area contributed by atoms with E-state index in [0.29, 0.717) is 0 Å². The number of sulfonamides is 1. The van der Waals surface area contributed by atoms with Crippen molar-refractivity contribution in [1.29, 1.82) is 0 Å². The van der Waals surface area contributed by atoms with Gasteiger partial charge in [0.2, 0.25) is 21.8 Å². The van der Waals surface area contributed by atoms with E-state index in [4.69, 9.17) is 0 Å². The molecule has 2 rings (SSSR count). The summed E-state index contributed by atoms with van der Waals surface area (Å²) in [6.45, 7) is 5.45. The second-order valence-electron chi connectivity index (χ2n) is 7.25. The molecule has 1 heterocycles. The lowest BCUT2D eigenvalue weighted by molar-refractivity contribution is -0.136. The summed E-state index contributed by atoms with van der Waals surface area (Å²) < 4.78 is 27.1. The van der Waals surface area contributed by atoms with Crippen LogP contribution in [0.25, 0.3) is 0 Å². The zero-order valence-corrected chi connectivity index (χ0v) is 18.5. The third kappa shape index (κ3) is 7.26. The Morgan fingerprint density at radius 1 is 1.10 bits per heavy atom. The van der Waals surface area contributed by atoms with Gasteiger partial charge in [-0.25, -0.2) is 13.1 Å². The maximum Gasteiger partial charge on any atom is 0.241 e. The zero-order valence-electron chi connectivity index (χ0n) is 16.8. The van der Waals surface area contributed by atoms with Gasteiger partial charge >= 0.3 is 0 Å². The molecule has 1 aromatic heterocycles. The first kappa shape index (κ1) is 23.1. The minimum Gasteiger partial charge on any atom is -0.350 e. The molecule has 0 unspecified atom stereocenters. The van der Waals surface area contributed by atoms with Crippen LogP contribution in [0.15, 0.2) is 52.7 Å². The summed E-state index contributed by atoms with van der Waals surface area (Å²) in [6, 6.07) is 11.6. The molecule has 0 saturated carbocycles. The van der Waals surface area contributed by atoms with Gasteiger partial charge in [-0.15, -0.1) is 11.3 Å². The standard InChI is InChI=1S/C20H27N3O4S2/c1-4-20(2,3)22-18(24)15-23(14-16-9-8-12-28-16)19(25)13-21-29(26,27)17-10-6-5-7-11-17/h5-12,21H,4,13-15H2,1-3H3,(H,22,24). The topological polar surface area (TPSA) is 95.6 Å². The van der Waals surface area contributed by atoms with E-state index in [1.54, 1.807) is 18.2 Å². The van der Waals surface area contributed by atoms with Gasteiger partial charge in [0.15, 0.2) is 0 Å². The van der Waals surface area contributed by atoms with Crippen molar-refractivity contribution in [2.45, 2.75) is 44.2 Å². The molecule has 0 aliphatic carbocycles. The Kier molecular flexibility index (Phi) is 7.95. The fraction of sp³-hybridized carbons (Fsp3) is 0.400. The molecule has 2 aromatic rings. The normalized spacial score (nSPS) is 11.8. The number of amides is 2. The van der Waals surface area contributed by atoms with Gasteiger partial charge in [-0.1, -0.05) is 31.2 Å². The number of carbonyl (C=O) groups is 2. The summed E-state index contributed by atoms with van der Waals surface area (Å²) in [6.07, 6.45) is 0.745. The molecule has 0 radical (unpaired) electrons. The molecule has 0 fully saturated rings. The molecular weight excluding hydrogens is 410 g/mol. The molecule has 29 heavy (non-hydrogen) atoms. The summed E-state index contributed by atoms with van der Waals surface area (Å²) >= 11 is 1.47. The third-order valence-corrected chi connectivity index (χ3v) is 6.72. The Labute approximate surface area is 176 Å². The van der Waals surface area contributed by atoms with Gasteiger partial charge in [0.05, 0.1) is 24.5 Å². The maximum atomic E-state index is 12.7. The van der Waals surface area contributed by atoms with Crippen LogP contribution < -0.4 is 10.0 Å². The molecular formula is C20H27N3O4S2. The monoisotopic (exact) mass is 437 g/mol. The fourth-order valence-electron chi connectivity index (χ4n) is 2.45. The van der Waals surface area contributed by atoms with Crippen molar-refractivity contribution in [2.75, 3.05) is 13.1 Å². The van der Waals surface area contributed by atoms with Crippen LogP contribution in [0, 0.1) is 0 Å². The van der Waals surface area contributed by atoms with E-state index < -0.39 is 22.5 Å². The van der Waals surface area contributed by atoms with Crippen LogP contribution in [-0.4, -0.2) is 43.8 Å². The van der Waals surface area contributed by atoms with Gasteiger partial charge < -0.3 is 10.2 Å². The number of benzene rings is 1. The Hall–Kier alpha value is -2.23. The van der Waals surface area contributed by atoms with E-state index in [2.05, 4.69) is 10.0 Å². The highest BCUT2D eigenvalue weighted by atomic mass is 32.2. The minimum absolute atomic E-state index is 0.0834. The predicted molar refractivity (Wildman–Crippen MR) is 114 cm³/mol. The first-order valence-corrected chi connectivity index (χ1v) is 11.6. The van der Waals surface area contributed by atoms with Crippen LogP contribution in [0.2, 0.25) is 0 Å². The van der Waals surface area contributed by atoms with E-state index >= 15 is 0 Å². The maximum absolute atomic E-state index is 12.7. The number of carbonyl (C=O) groups excluding carboxylic acids is 2. The first-order valence-electron chi connectivity index (χ1n) is 9.29. The summed E-state index contributed by atoms with van der Waals surface area (Å²) in [5, 5.41) is 4.79. The molecule has 1 aromatic carbocycles. The van der Waals surface area contributed by atoms with E-state index in [1.165, 1.54) is 28.4 Å². The van der Waals surface area contributed by atoms with Crippen molar-refractivity contribution in [2.24, 2.45) is 0 Å². The van der Waals surface area contributed by atoms with E-state index in [9.17, 15) is 18.0 Å². The largest absolute Gasteiger partial charge is 0.350 e. The van der Waals surface area contributed by atoms with E-state index in [1.807, 2.05) is 38.3 Å². The molecule has 0 atom stereocenters. The van der Waals surface area contributed by atoms with Crippen LogP contribution in [0.3, 0.4) is 0 Å². The Morgan fingerprint density at radius 2 is 1.79 bits per heavy atom. The summed E-state index contributed by atoms with van der Waals surface area (Å²) in [7, 11) is -3.81. The fourth-order valence-corrected chi connectivity index (χ4v) is 4.17. The van der Waals surface area contributed by atoms with E-state index in [0.717, 1.165) is 11.3 Å². The van der Waals surface area contributed by atoms with Gasteiger partial charge in [-0.2, -0.15) is 0 Å². The smallest absolute Gasteiger partial charge is 0.241 e. The molecule has 2 amide bonds. The van der Waals surface area contributed by atoms with Gasteiger partial charge in [0.1, 0.15) is 0 Å². The van der Waals surface area contributed by atoms with Crippen LogP contribution in [0.1, 0.15) is 32.1 Å². The lowest BCUT2D eigenvalue weighted by Gasteiger charge is -2.27. The van der Waals surface area contributed by atoms with Gasteiger partial charge in [0.25, 0.3) is 0 Å². The van der Waals surface area contributed by atoms with Gasteiger partial charge in [-0.3, -0.25) is 9.59 Å². The molecule has 0 spiro atoms. The zero-order chi connectivity index (χ0) is 21.5. The average Bonchev–Trinajstić information content (AvgIpc) is 3.19. The predicted octanol–water partition coefficient (Wildman–Crippen LogP) is 2.36. The molecule has 9 heteroatoms. The summed E-state index contributed by atoms with van der Waals surface area (Å²) in [4.78, 5) is 27.5. The molecule has 0 saturated heterocycles. The Balaban J connectivity index is 2.07. The van der Waals surface area contributed by atoms with Crippen LogP contribution >= 0.6 is 11.3 Å². The van der Waals surface area contributed by atoms with Crippen LogP contribution in [0.4, 0.5) is 0 Å². The Bertz CT molecular complexity index is 910. The second-order valence-corrected chi connectivity index (χ2v) is 10.1. The SMILES string of the molecule is CCC(C)(C)NC(=O)CN(Cc1cccs1)C(=O)CNS(=O)(=O)c1ccccc1. The average molecular weight is 438 g/mol. The van der Waals surface area contributed by atoms with Crippen LogP contribution in [0.5, 0.6) is 0 Å². The lowest BCUT2D eigenvalue weighted by Crippen LogP contribution is -2.49. The molecule has 0 bridgehead atoms. The highest BCUT2D eigenvalue weighted by Crippen LogP contribution is 2.13. The first-order chi connectivity index (χ1) is 13.6.